The van der Waals surface area contributed by atoms with Crippen LogP contribution in [0.5, 0.6) is 0 Å². The van der Waals surface area contributed by atoms with Crippen molar-refractivity contribution in [1.29, 1.82) is 0 Å². The molecular formula is C10H9ClN2O. The van der Waals surface area contributed by atoms with Crippen molar-refractivity contribution in [2.75, 3.05) is 5.73 Å². The highest BCUT2D eigenvalue weighted by molar-refractivity contribution is 6.33. The molecule has 72 valence electrons. The lowest BCUT2D eigenvalue weighted by atomic mass is 10.2. The van der Waals surface area contributed by atoms with Gasteiger partial charge in [-0.1, -0.05) is 11.6 Å². The number of oxazole rings is 1. The number of anilines is 1. The van der Waals surface area contributed by atoms with Gasteiger partial charge in [0.15, 0.2) is 11.7 Å². The molecule has 4 heteroatoms. The average molecular weight is 209 g/mol. The molecule has 0 spiro atoms. The van der Waals surface area contributed by atoms with Gasteiger partial charge in [0.2, 0.25) is 0 Å². The van der Waals surface area contributed by atoms with E-state index >= 15 is 0 Å². The number of aromatic nitrogens is 1. The van der Waals surface area contributed by atoms with Crippen molar-refractivity contribution >= 4 is 17.3 Å². The molecule has 0 aliphatic heterocycles. The molecule has 0 aliphatic carbocycles. The predicted octanol–water partition coefficient (Wildman–Crippen LogP) is 2.89. The molecule has 0 saturated carbocycles. The number of benzene rings is 1. The summed E-state index contributed by atoms with van der Waals surface area (Å²) in [6.45, 7) is 1.79. The van der Waals surface area contributed by atoms with Crippen LogP contribution < -0.4 is 5.73 Å². The Bertz CT molecular complexity index is 465. The predicted molar refractivity (Wildman–Crippen MR) is 56.1 cm³/mol. The Morgan fingerprint density at radius 3 is 2.79 bits per heavy atom. The van der Waals surface area contributed by atoms with Gasteiger partial charge in [0, 0.05) is 12.5 Å². The molecule has 0 saturated heterocycles. The average Bonchev–Trinajstić information content (AvgIpc) is 2.57. The fourth-order valence-electron chi connectivity index (χ4n) is 1.19. The Labute approximate surface area is 86.5 Å². The summed E-state index contributed by atoms with van der Waals surface area (Å²) < 4.78 is 5.35. The van der Waals surface area contributed by atoms with Gasteiger partial charge >= 0.3 is 0 Å². The third-order valence-electron chi connectivity index (χ3n) is 1.90. The summed E-state index contributed by atoms with van der Waals surface area (Å²) in [6.07, 6.45) is 1.66. The van der Waals surface area contributed by atoms with Crippen LogP contribution >= 0.6 is 11.6 Å². The first-order valence-corrected chi connectivity index (χ1v) is 4.52. The summed E-state index contributed by atoms with van der Waals surface area (Å²) in [5, 5.41) is 0.546. The summed E-state index contributed by atoms with van der Waals surface area (Å²) in [6, 6.07) is 5.35. The molecule has 0 radical (unpaired) electrons. The third kappa shape index (κ3) is 1.59. The van der Waals surface area contributed by atoms with Crippen molar-refractivity contribution in [3.63, 3.8) is 0 Å². The largest absolute Gasteiger partial charge is 0.441 e. The van der Waals surface area contributed by atoms with E-state index in [1.54, 1.807) is 25.3 Å². The highest BCUT2D eigenvalue weighted by atomic mass is 35.5. The van der Waals surface area contributed by atoms with E-state index in [2.05, 4.69) is 4.98 Å². The quantitative estimate of drug-likeness (QED) is 0.734. The van der Waals surface area contributed by atoms with Crippen molar-refractivity contribution in [2.24, 2.45) is 0 Å². The lowest BCUT2D eigenvalue weighted by Crippen LogP contribution is -1.86. The molecule has 2 N–H and O–H groups in total. The van der Waals surface area contributed by atoms with E-state index < -0.39 is 0 Å². The fraction of sp³-hybridized carbons (Fsp3) is 0.100. The number of halogens is 1. The summed E-state index contributed by atoms with van der Waals surface area (Å²) in [5.74, 6) is 1.33. The molecule has 0 fully saturated rings. The summed E-state index contributed by atoms with van der Waals surface area (Å²) in [4.78, 5) is 4.00. The Balaban J connectivity index is 2.47. The van der Waals surface area contributed by atoms with Crippen molar-refractivity contribution in [3.05, 3.63) is 35.3 Å². The van der Waals surface area contributed by atoms with E-state index in [1.165, 1.54) is 0 Å². The van der Waals surface area contributed by atoms with Crippen LogP contribution in [-0.2, 0) is 0 Å². The number of hydrogen-bond acceptors (Lipinski definition) is 3. The van der Waals surface area contributed by atoms with E-state index in [4.69, 9.17) is 21.8 Å². The standard InChI is InChI=1S/C10H9ClN2O/c1-6-13-5-10(14-6)7-2-3-8(11)9(12)4-7/h2-5H,12H2,1H3. The highest BCUT2D eigenvalue weighted by Crippen LogP contribution is 2.26. The maximum atomic E-state index is 5.80. The van der Waals surface area contributed by atoms with Crippen molar-refractivity contribution < 1.29 is 4.42 Å². The van der Waals surface area contributed by atoms with Crippen molar-refractivity contribution in [3.8, 4) is 11.3 Å². The molecule has 14 heavy (non-hydrogen) atoms. The maximum absolute atomic E-state index is 5.80. The minimum absolute atomic E-state index is 0.540. The van der Waals surface area contributed by atoms with Crippen LogP contribution in [0.1, 0.15) is 5.89 Å². The molecule has 0 aliphatic rings. The molecular weight excluding hydrogens is 200 g/mol. The summed E-state index contributed by atoms with van der Waals surface area (Å²) in [5.41, 5.74) is 7.09. The lowest BCUT2D eigenvalue weighted by Gasteiger charge is -2.00. The Kier molecular flexibility index (Phi) is 2.17. The Morgan fingerprint density at radius 1 is 1.43 bits per heavy atom. The molecule has 3 nitrogen and oxygen atoms in total. The second kappa shape index (κ2) is 3.35. The van der Waals surface area contributed by atoms with Crippen LogP contribution in [0.15, 0.2) is 28.8 Å². The van der Waals surface area contributed by atoms with E-state index in [1.807, 2.05) is 6.07 Å². The first-order chi connectivity index (χ1) is 6.66. The van der Waals surface area contributed by atoms with Crippen molar-refractivity contribution in [2.45, 2.75) is 6.92 Å². The smallest absolute Gasteiger partial charge is 0.191 e. The van der Waals surface area contributed by atoms with Gasteiger partial charge in [-0.3, -0.25) is 0 Å². The number of nitrogens with zero attached hydrogens (tertiary/aromatic N) is 1. The van der Waals surface area contributed by atoms with Gasteiger partial charge in [-0.25, -0.2) is 4.98 Å². The molecule has 1 heterocycles. The Morgan fingerprint density at radius 2 is 2.21 bits per heavy atom. The first kappa shape index (κ1) is 9.09. The number of nitrogen functional groups attached to an aromatic ring is 1. The summed E-state index contributed by atoms with van der Waals surface area (Å²) >= 11 is 5.80. The van der Waals surface area contributed by atoms with Gasteiger partial charge in [-0.15, -0.1) is 0 Å². The third-order valence-corrected chi connectivity index (χ3v) is 2.25. The molecule has 2 aromatic rings. The SMILES string of the molecule is Cc1ncc(-c2ccc(Cl)c(N)c2)o1. The second-order valence-electron chi connectivity index (χ2n) is 2.98. The van der Waals surface area contributed by atoms with Crippen LogP contribution in [0.3, 0.4) is 0 Å². The first-order valence-electron chi connectivity index (χ1n) is 4.14. The molecule has 0 amide bonds. The number of hydrogen-bond donors (Lipinski definition) is 1. The fourth-order valence-corrected chi connectivity index (χ4v) is 1.31. The van der Waals surface area contributed by atoms with Gasteiger partial charge in [-0.2, -0.15) is 0 Å². The highest BCUT2D eigenvalue weighted by Gasteiger charge is 2.05. The minimum Gasteiger partial charge on any atom is -0.441 e. The maximum Gasteiger partial charge on any atom is 0.191 e. The van der Waals surface area contributed by atoms with Gasteiger partial charge in [0.1, 0.15) is 0 Å². The van der Waals surface area contributed by atoms with E-state index in [0.717, 1.165) is 5.56 Å². The van der Waals surface area contributed by atoms with Crippen LogP contribution in [0, 0.1) is 6.92 Å². The monoisotopic (exact) mass is 208 g/mol. The minimum atomic E-state index is 0.540. The second-order valence-corrected chi connectivity index (χ2v) is 3.39. The van der Waals surface area contributed by atoms with Gasteiger partial charge in [-0.05, 0) is 18.2 Å². The van der Waals surface area contributed by atoms with Crippen LogP contribution in [0.4, 0.5) is 5.69 Å². The molecule has 0 unspecified atom stereocenters. The zero-order valence-electron chi connectivity index (χ0n) is 7.62. The number of rotatable bonds is 1. The van der Waals surface area contributed by atoms with Gasteiger partial charge in [0.25, 0.3) is 0 Å². The zero-order valence-corrected chi connectivity index (χ0v) is 8.38. The molecule has 0 atom stereocenters. The molecule has 2 rings (SSSR count). The van der Waals surface area contributed by atoms with E-state index in [9.17, 15) is 0 Å². The van der Waals surface area contributed by atoms with E-state index in [0.29, 0.717) is 22.4 Å². The molecule has 1 aromatic carbocycles. The number of nitrogens with two attached hydrogens (primary N) is 1. The van der Waals surface area contributed by atoms with E-state index in [-0.39, 0.29) is 0 Å². The molecule has 0 bridgehead atoms. The van der Waals surface area contributed by atoms with Crippen molar-refractivity contribution in [1.82, 2.24) is 4.98 Å². The normalized spacial score (nSPS) is 10.4. The van der Waals surface area contributed by atoms with Gasteiger partial charge < -0.3 is 10.2 Å². The van der Waals surface area contributed by atoms with Crippen LogP contribution in [-0.4, -0.2) is 4.98 Å². The van der Waals surface area contributed by atoms with Gasteiger partial charge in [0.05, 0.1) is 16.9 Å². The van der Waals surface area contributed by atoms with Crippen LogP contribution in [0.25, 0.3) is 11.3 Å². The summed E-state index contributed by atoms with van der Waals surface area (Å²) in [7, 11) is 0. The topological polar surface area (TPSA) is 52.0 Å². The molecule has 1 aromatic heterocycles. The number of aryl methyl sites for hydroxylation is 1. The van der Waals surface area contributed by atoms with Crippen LogP contribution in [0.2, 0.25) is 5.02 Å². The zero-order chi connectivity index (χ0) is 10.1. The Hall–Kier alpha value is -1.48. The lowest BCUT2D eigenvalue weighted by molar-refractivity contribution is 0.534.